The van der Waals surface area contributed by atoms with Crippen molar-refractivity contribution in [1.82, 2.24) is 14.8 Å². The molecule has 8 nitrogen and oxygen atoms in total. The lowest BCUT2D eigenvalue weighted by atomic mass is 10.2. The summed E-state index contributed by atoms with van der Waals surface area (Å²) in [6, 6.07) is 20.9. The van der Waals surface area contributed by atoms with Crippen molar-refractivity contribution >= 4 is 40.6 Å². The number of aromatic nitrogens is 3. The minimum atomic E-state index is -0.451. The van der Waals surface area contributed by atoms with E-state index in [1.165, 1.54) is 23.9 Å². The van der Waals surface area contributed by atoms with Gasteiger partial charge >= 0.3 is 0 Å². The molecule has 4 aromatic rings. The highest BCUT2D eigenvalue weighted by Crippen LogP contribution is 2.29. The highest BCUT2D eigenvalue weighted by Gasteiger charge is 2.18. The number of nitro groups is 1. The summed E-state index contributed by atoms with van der Waals surface area (Å²) in [7, 11) is 0. The van der Waals surface area contributed by atoms with Gasteiger partial charge in [-0.1, -0.05) is 53.2 Å². The molecular formula is C23H18ClN5O3S. The van der Waals surface area contributed by atoms with Crippen LogP contribution in [0.25, 0.3) is 17.1 Å². The van der Waals surface area contributed by atoms with Crippen molar-refractivity contribution in [2.24, 2.45) is 0 Å². The number of amides is 1. The van der Waals surface area contributed by atoms with E-state index in [9.17, 15) is 14.9 Å². The average Bonchev–Trinajstić information content (AvgIpc) is 3.24. The van der Waals surface area contributed by atoms with Gasteiger partial charge in [-0.15, -0.1) is 10.2 Å². The molecule has 0 fully saturated rings. The molecule has 0 spiro atoms. The summed E-state index contributed by atoms with van der Waals surface area (Å²) in [6.45, 7) is 1.99. The van der Waals surface area contributed by atoms with Gasteiger partial charge in [0, 0.05) is 23.4 Å². The SMILES string of the molecule is Cc1ccc(-n2c(SCC(=O)Nc3ccccc3Cl)nnc2-c2ccc([N+](=O)[O-])cc2)cc1. The van der Waals surface area contributed by atoms with Crippen molar-refractivity contribution in [3.8, 4) is 17.1 Å². The van der Waals surface area contributed by atoms with Gasteiger partial charge in [-0.05, 0) is 43.3 Å². The van der Waals surface area contributed by atoms with E-state index in [1.54, 1.807) is 36.4 Å². The molecule has 0 saturated carbocycles. The molecule has 0 saturated heterocycles. The summed E-state index contributed by atoms with van der Waals surface area (Å²) in [6.07, 6.45) is 0. The van der Waals surface area contributed by atoms with Gasteiger partial charge in [-0.2, -0.15) is 0 Å². The second-order valence-corrected chi connectivity index (χ2v) is 8.45. The Kier molecular flexibility index (Phi) is 6.71. The summed E-state index contributed by atoms with van der Waals surface area (Å²) in [4.78, 5) is 23.0. The molecule has 0 aliphatic heterocycles. The Morgan fingerprint density at radius 2 is 1.76 bits per heavy atom. The Balaban J connectivity index is 1.62. The molecule has 1 aromatic heterocycles. The molecule has 0 unspecified atom stereocenters. The Morgan fingerprint density at radius 1 is 1.06 bits per heavy atom. The fraction of sp³-hybridized carbons (Fsp3) is 0.0870. The fourth-order valence-corrected chi connectivity index (χ4v) is 4.02. The Labute approximate surface area is 198 Å². The zero-order chi connectivity index (χ0) is 23.4. The van der Waals surface area contributed by atoms with Gasteiger partial charge in [-0.3, -0.25) is 19.5 Å². The molecule has 3 aromatic carbocycles. The van der Waals surface area contributed by atoms with E-state index in [0.29, 0.717) is 27.3 Å². The first-order valence-corrected chi connectivity index (χ1v) is 11.2. The number of anilines is 1. The number of non-ortho nitro benzene ring substituents is 1. The van der Waals surface area contributed by atoms with Crippen LogP contribution >= 0.6 is 23.4 Å². The van der Waals surface area contributed by atoms with Crippen LogP contribution in [0.1, 0.15) is 5.56 Å². The van der Waals surface area contributed by atoms with Crippen LogP contribution in [0.4, 0.5) is 11.4 Å². The number of carbonyl (C=O) groups excluding carboxylic acids is 1. The van der Waals surface area contributed by atoms with E-state index in [4.69, 9.17) is 11.6 Å². The first kappa shape index (κ1) is 22.5. The highest BCUT2D eigenvalue weighted by atomic mass is 35.5. The van der Waals surface area contributed by atoms with E-state index in [-0.39, 0.29) is 17.3 Å². The van der Waals surface area contributed by atoms with Crippen LogP contribution in [-0.2, 0) is 4.79 Å². The van der Waals surface area contributed by atoms with Gasteiger partial charge < -0.3 is 5.32 Å². The third kappa shape index (κ3) is 5.21. The molecular weight excluding hydrogens is 462 g/mol. The van der Waals surface area contributed by atoms with Crippen LogP contribution in [0.5, 0.6) is 0 Å². The molecule has 1 N–H and O–H groups in total. The lowest BCUT2D eigenvalue weighted by Crippen LogP contribution is -2.14. The van der Waals surface area contributed by atoms with Gasteiger partial charge in [-0.25, -0.2) is 0 Å². The van der Waals surface area contributed by atoms with Crippen LogP contribution < -0.4 is 5.32 Å². The molecule has 10 heteroatoms. The largest absolute Gasteiger partial charge is 0.324 e. The molecule has 166 valence electrons. The maximum atomic E-state index is 12.5. The Bertz CT molecular complexity index is 1310. The number of para-hydroxylation sites is 1. The normalized spacial score (nSPS) is 10.7. The van der Waals surface area contributed by atoms with E-state index in [0.717, 1.165) is 11.3 Å². The van der Waals surface area contributed by atoms with Gasteiger partial charge in [0.05, 0.1) is 21.4 Å². The third-order valence-electron chi connectivity index (χ3n) is 4.74. The van der Waals surface area contributed by atoms with Gasteiger partial charge in [0.25, 0.3) is 5.69 Å². The highest BCUT2D eigenvalue weighted by molar-refractivity contribution is 7.99. The Morgan fingerprint density at radius 3 is 2.42 bits per heavy atom. The summed E-state index contributed by atoms with van der Waals surface area (Å²) in [5.41, 5.74) is 3.10. The smallest absolute Gasteiger partial charge is 0.269 e. The number of rotatable bonds is 7. The van der Waals surface area contributed by atoms with Crippen molar-refractivity contribution in [3.63, 3.8) is 0 Å². The molecule has 33 heavy (non-hydrogen) atoms. The monoisotopic (exact) mass is 479 g/mol. The summed E-state index contributed by atoms with van der Waals surface area (Å²) < 4.78 is 1.83. The van der Waals surface area contributed by atoms with Crippen molar-refractivity contribution < 1.29 is 9.72 Å². The second kappa shape index (κ2) is 9.85. The van der Waals surface area contributed by atoms with Crippen molar-refractivity contribution in [1.29, 1.82) is 0 Å². The number of carbonyl (C=O) groups is 1. The zero-order valence-corrected chi connectivity index (χ0v) is 19.0. The maximum Gasteiger partial charge on any atom is 0.269 e. The van der Waals surface area contributed by atoms with E-state index >= 15 is 0 Å². The lowest BCUT2D eigenvalue weighted by molar-refractivity contribution is -0.384. The molecule has 0 aliphatic rings. The summed E-state index contributed by atoms with van der Waals surface area (Å²) >= 11 is 7.34. The van der Waals surface area contributed by atoms with Crippen LogP contribution in [0, 0.1) is 17.0 Å². The summed E-state index contributed by atoms with van der Waals surface area (Å²) in [5, 5.41) is 23.3. The number of nitro benzene ring substituents is 1. The number of thioether (sulfide) groups is 1. The van der Waals surface area contributed by atoms with E-state index < -0.39 is 4.92 Å². The van der Waals surface area contributed by atoms with Crippen molar-refractivity contribution in [3.05, 3.63) is 93.5 Å². The number of hydrogen-bond acceptors (Lipinski definition) is 6. The van der Waals surface area contributed by atoms with E-state index in [1.807, 2.05) is 35.8 Å². The van der Waals surface area contributed by atoms with Crippen molar-refractivity contribution in [2.75, 3.05) is 11.1 Å². The molecule has 0 radical (unpaired) electrons. The van der Waals surface area contributed by atoms with Gasteiger partial charge in [0.1, 0.15) is 0 Å². The predicted octanol–water partition coefficient (Wildman–Crippen LogP) is 5.54. The number of nitrogens with one attached hydrogen (secondary N) is 1. The molecule has 4 rings (SSSR count). The van der Waals surface area contributed by atoms with Gasteiger partial charge in [0.15, 0.2) is 11.0 Å². The zero-order valence-electron chi connectivity index (χ0n) is 17.4. The number of aryl methyl sites for hydroxylation is 1. The number of hydrogen-bond donors (Lipinski definition) is 1. The lowest BCUT2D eigenvalue weighted by Gasteiger charge is -2.11. The number of nitrogens with zero attached hydrogens (tertiary/aromatic N) is 4. The second-order valence-electron chi connectivity index (χ2n) is 7.10. The fourth-order valence-electron chi connectivity index (χ4n) is 3.09. The standard InChI is InChI=1S/C23H18ClN5O3S/c1-15-6-10-17(11-7-15)28-22(16-8-12-18(13-9-16)29(31)32)26-27-23(28)33-14-21(30)25-20-5-3-2-4-19(20)24/h2-13H,14H2,1H3,(H,25,30). The topological polar surface area (TPSA) is 103 Å². The molecule has 0 bridgehead atoms. The first-order valence-electron chi connectivity index (χ1n) is 9.87. The van der Waals surface area contributed by atoms with Gasteiger partial charge in [0.2, 0.25) is 5.91 Å². The molecule has 1 heterocycles. The minimum Gasteiger partial charge on any atom is -0.324 e. The summed E-state index contributed by atoms with van der Waals surface area (Å²) in [5.74, 6) is 0.376. The van der Waals surface area contributed by atoms with Crippen LogP contribution in [0.15, 0.2) is 78.0 Å². The Hall–Kier alpha value is -3.69. The number of halogens is 1. The maximum absolute atomic E-state index is 12.5. The van der Waals surface area contributed by atoms with Crippen LogP contribution in [-0.4, -0.2) is 31.3 Å². The third-order valence-corrected chi connectivity index (χ3v) is 6.00. The quantitative estimate of drug-likeness (QED) is 0.212. The molecule has 1 amide bonds. The van der Waals surface area contributed by atoms with Crippen molar-refractivity contribution in [2.45, 2.75) is 12.1 Å². The first-order chi connectivity index (χ1) is 15.9. The molecule has 0 atom stereocenters. The average molecular weight is 480 g/mol. The minimum absolute atomic E-state index is 0.00834. The molecule has 0 aliphatic carbocycles. The van der Waals surface area contributed by atoms with Crippen LogP contribution in [0.2, 0.25) is 5.02 Å². The number of benzene rings is 3. The van der Waals surface area contributed by atoms with Crippen LogP contribution in [0.3, 0.4) is 0 Å². The van der Waals surface area contributed by atoms with E-state index in [2.05, 4.69) is 15.5 Å². The predicted molar refractivity (Wildman–Crippen MR) is 129 cm³/mol.